The Bertz CT molecular complexity index is 844. The van der Waals surface area contributed by atoms with Crippen LogP contribution in [0.25, 0.3) is 10.9 Å². The molecule has 122 valence electrons. The first-order valence-corrected chi connectivity index (χ1v) is 8.14. The van der Waals surface area contributed by atoms with E-state index in [1.807, 2.05) is 4.57 Å². The lowest BCUT2D eigenvalue weighted by molar-refractivity contribution is 0.0522. The minimum Gasteiger partial charge on any atom is -0.462 e. The molecule has 0 N–H and O–H groups in total. The van der Waals surface area contributed by atoms with E-state index in [-0.39, 0.29) is 22.6 Å². The lowest BCUT2D eigenvalue weighted by Gasteiger charge is -2.18. The fourth-order valence-corrected chi connectivity index (χ4v) is 3.31. The first kappa shape index (κ1) is 16.0. The van der Waals surface area contributed by atoms with E-state index in [4.69, 9.17) is 16.3 Å². The number of nitrogens with zero attached hydrogens (tertiary/aromatic N) is 1. The Morgan fingerprint density at radius 3 is 2.87 bits per heavy atom. The van der Waals surface area contributed by atoms with Gasteiger partial charge in [0, 0.05) is 17.6 Å². The lowest BCUT2D eigenvalue weighted by Crippen LogP contribution is -2.25. The lowest BCUT2D eigenvalue weighted by atomic mass is 10.0. The van der Waals surface area contributed by atoms with Crippen molar-refractivity contribution in [3.05, 3.63) is 44.5 Å². The van der Waals surface area contributed by atoms with Gasteiger partial charge in [-0.25, -0.2) is 9.18 Å². The quantitative estimate of drug-likeness (QED) is 0.785. The Morgan fingerprint density at radius 2 is 2.13 bits per heavy atom. The molecule has 0 saturated carbocycles. The highest BCUT2D eigenvalue weighted by Crippen LogP contribution is 2.27. The largest absolute Gasteiger partial charge is 0.462 e. The smallest absolute Gasteiger partial charge is 0.343 e. The number of rotatable bonds is 2. The topological polar surface area (TPSA) is 48.3 Å². The van der Waals surface area contributed by atoms with Crippen LogP contribution < -0.4 is 5.43 Å². The number of benzene rings is 1. The van der Waals surface area contributed by atoms with Crippen molar-refractivity contribution in [2.45, 2.75) is 39.2 Å². The predicted molar refractivity (Wildman–Crippen MR) is 86.7 cm³/mol. The maximum absolute atomic E-state index is 13.8. The molecule has 6 heteroatoms. The van der Waals surface area contributed by atoms with Gasteiger partial charge in [-0.1, -0.05) is 18.0 Å². The number of aromatic nitrogens is 1. The van der Waals surface area contributed by atoms with Gasteiger partial charge >= 0.3 is 5.97 Å². The Kier molecular flexibility index (Phi) is 4.39. The summed E-state index contributed by atoms with van der Waals surface area (Å²) in [7, 11) is 0. The Hall–Kier alpha value is -1.88. The third-order valence-electron chi connectivity index (χ3n) is 4.19. The second kappa shape index (κ2) is 6.32. The van der Waals surface area contributed by atoms with Gasteiger partial charge in [-0.3, -0.25) is 4.79 Å². The van der Waals surface area contributed by atoms with Crippen molar-refractivity contribution in [1.29, 1.82) is 0 Å². The molecule has 0 unspecified atom stereocenters. The highest BCUT2D eigenvalue weighted by Gasteiger charge is 2.25. The number of hydrogen-bond donors (Lipinski definition) is 0. The molecule has 23 heavy (non-hydrogen) atoms. The van der Waals surface area contributed by atoms with Crippen molar-refractivity contribution in [2.75, 3.05) is 6.61 Å². The summed E-state index contributed by atoms with van der Waals surface area (Å²) in [4.78, 5) is 25.1. The summed E-state index contributed by atoms with van der Waals surface area (Å²) >= 11 is 5.89. The number of halogens is 2. The van der Waals surface area contributed by atoms with E-state index >= 15 is 0 Å². The molecule has 2 heterocycles. The van der Waals surface area contributed by atoms with Crippen LogP contribution in [0.2, 0.25) is 5.02 Å². The molecule has 4 nitrogen and oxygen atoms in total. The number of esters is 1. The van der Waals surface area contributed by atoms with Crippen LogP contribution >= 0.6 is 11.6 Å². The number of fused-ring (bicyclic) bond motifs is 3. The van der Waals surface area contributed by atoms with Crippen molar-refractivity contribution in [2.24, 2.45) is 0 Å². The molecule has 0 bridgehead atoms. The van der Waals surface area contributed by atoms with Gasteiger partial charge in [0.25, 0.3) is 0 Å². The van der Waals surface area contributed by atoms with Gasteiger partial charge in [-0.05, 0) is 38.3 Å². The summed E-state index contributed by atoms with van der Waals surface area (Å²) < 4.78 is 20.8. The minimum atomic E-state index is -0.666. The van der Waals surface area contributed by atoms with Gasteiger partial charge < -0.3 is 9.30 Å². The fraction of sp³-hybridized carbons (Fsp3) is 0.412. The van der Waals surface area contributed by atoms with E-state index in [1.165, 1.54) is 6.07 Å². The Labute approximate surface area is 137 Å². The number of pyridine rings is 1. The maximum Gasteiger partial charge on any atom is 0.343 e. The van der Waals surface area contributed by atoms with Crippen LogP contribution in [0.15, 0.2) is 16.9 Å². The number of hydrogen-bond acceptors (Lipinski definition) is 3. The molecular formula is C17H17ClFNO3. The van der Waals surface area contributed by atoms with Crippen molar-refractivity contribution in [3.8, 4) is 0 Å². The summed E-state index contributed by atoms with van der Waals surface area (Å²) in [6, 6.07) is 2.58. The molecule has 0 saturated heterocycles. The van der Waals surface area contributed by atoms with E-state index in [0.717, 1.165) is 25.3 Å². The highest BCUT2D eigenvalue weighted by molar-refractivity contribution is 6.31. The molecular weight excluding hydrogens is 321 g/mol. The van der Waals surface area contributed by atoms with Gasteiger partial charge in [0.05, 0.1) is 17.1 Å². The summed E-state index contributed by atoms with van der Waals surface area (Å²) in [5.41, 5.74) is 0.789. The molecule has 0 radical (unpaired) electrons. The van der Waals surface area contributed by atoms with Crippen molar-refractivity contribution in [1.82, 2.24) is 4.57 Å². The third kappa shape index (κ3) is 2.74. The average Bonchev–Trinajstić information content (AvgIpc) is 2.75. The molecule has 3 rings (SSSR count). The fourth-order valence-electron chi connectivity index (χ4n) is 3.16. The van der Waals surface area contributed by atoms with E-state index in [0.29, 0.717) is 24.2 Å². The molecule has 1 aliphatic rings. The van der Waals surface area contributed by atoms with Crippen LogP contribution in [0.1, 0.15) is 42.2 Å². The maximum atomic E-state index is 13.8. The number of carbonyl (C=O) groups is 1. The third-order valence-corrected chi connectivity index (χ3v) is 4.48. The van der Waals surface area contributed by atoms with Crippen LogP contribution in [0.5, 0.6) is 0 Å². The van der Waals surface area contributed by atoms with Crippen LogP contribution in [0.3, 0.4) is 0 Å². The molecule has 1 aromatic heterocycles. The van der Waals surface area contributed by atoms with Crippen LogP contribution in [-0.4, -0.2) is 17.1 Å². The SMILES string of the molecule is CCOC(=O)c1c2n(c3cc(Cl)c(F)cc3c1=O)CCCCC2. The minimum absolute atomic E-state index is 0.0280. The zero-order valence-corrected chi connectivity index (χ0v) is 13.6. The molecule has 0 atom stereocenters. The van der Waals surface area contributed by atoms with Crippen LogP contribution in [-0.2, 0) is 17.7 Å². The van der Waals surface area contributed by atoms with Gasteiger partial charge in [-0.15, -0.1) is 0 Å². The predicted octanol–water partition coefficient (Wildman–Crippen LogP) is 3.70. The monoisotopic (exact) mass is 337 g/mol. The molecule has 1 aromatic carbocycles. The molecule has 0 amide bonds. The van der Waals surface area contributed by atoms with E-state index in [2.05, 4.69) is 0 Å². The van der Waals surface area contributed by atoms with Gasteiger partial charge in [0.1, 0.15) is 11.4 Å². The summed E-state index contributed by atoms with van der Waals surface area (Å²) in [6.07, 6.45) is 3.46. The molecule has 0 spiro atoms. The van der Waals surface area contributed by atoms with E-state index < -0.39 is 17.2 Å². The number of carbonyl (C=O) groups excluding carboxylic acids is 1. The highest BCUT2D eigenvalue weighted by atomic mass is 35.5. The number of aryl methyl sites for hydroxylation is 1. The molecule has 0 fully saturated rings. The summed E-state index contributed by atoms with van der Waals surface area (Å²) in [5.74, 6) is -1.30. The van der Waals surface area contributed by atoms with E-state index in [1.54, 1.807) is 6.92 Å². The first-order valence-electron chi connectivity index (χ1n) is 7.76. The summed E-state index contributed by atoms with van der Waals surface area (Å²) in [5, 5.41) is 0.139. The van der Waals surface area contributed by atoms with Crippen molar-refractivity contribution >= 4 is 28.5 Å². The summed E-state index contributed by atoms with van der Waals surface area (Å²) in [6.45, 7) is 2.54. The molecule has 0 aliphatic carbocycles. The zero-order chi connectivity index (χ0) is 16.6. The van der Waals surface area contributed by atoms with Crippen molar-refractivity contribution in [3.63, 3.8) is 0 Å². The van der Waals surface area contributed by atoms with Gasteiger partial charge in [0.2, 0.25) is 5.43 Å². The van der Waals surface area contributed by atoms with Crippen molar-refractivity contribution < 1.29 is 13.9 Å². The molecule has 2 aromatic rings. The second-order valence-electron chi connectivity index (χ2n) is 5.62. The Morgan fingerprint density at radius 1 is 1.35 bits per heavy atom. The van der Waals surface area contributed by atoms with Crippen LogP contribution in [0.4, 0.5) is 4.39 Å². The van der Waals surface area contributed by atoms with E-state index in [9.17, 15) is 14.0 Å². The van der Waals surface area contributed by atoms with Gasteiger partial charge in [-0.2, -0.15) is 0 Å². The second-order valence-corrected chi connectivity index (χ2v) is 6.02. The van der Waals surface area contributed by atoms with Gasteiger partial charge in [0.15, 0.2) is 0 Å². The standard InChI is InChI=1S/C17H17ClFNO3/c1-2-23-17(22)15-13-6-4-3-5-7-20(13)14-9-11(18)12(19)8-10(14)16(15)21/h8-9H,2-7H2,1H3. The first-order chi connectivity index (χ1) is 11.0. The van der Waals surface area contributed by atoms with Crippen LogP contribution in [0, 0.1) is 5.82 Å². The molecule has 1 aliphatic heterocycles. The zero-order valence-electron chi connectivity index (χ0n) is 12.8. The average molecular weight is 338 g/mol. The number of ether oxygens (including phenoxy) is 1. The normalized spacial score (nSPS) is 14.4. The Balaban J connectivity index is 2.40.